The van der Waals surface area contributed by atoms with Crippen molar-refractivity contribution in [3.05, 3.63) is 23.7 Å². The van der Waals surface area contributed by atoms with Crippen molar-refractivity contribution in [2.75, 3.05) is 0 Å². The Labute approximate surface area is 74.2 Å². The SMILES string of the molecule is O=C(O)CC1CC(=O)c2ccoc21. The van der Waals surface area contributed by atoms with Gasteiger partial charge < -0.3 is 9.52 Å². The number of hydrogen-bond donors (Lipinski definition) is 1. The second kappa shape index (κ2) is 2.73. The molecular formula is C9H8O4. The number of carbonyl (C=O) groups excluding carboxylic acids is 1. The monoisotopic (exact) mass is 180 g/mol. The number of furan rings is 1. The largest absolute Gasteiger partial charge is 0.481 e. The summed E-state index contributed by atoms with van der Waals surface area (Å²) >= 11 is 0. The molecule has 1 unspecified atom stereocenters. The molecule has 13 heavy (non-hydrogen) atoms. The summed E-state index contributed by atoms with van der Waals surface area (Å²) in [6.45, 7) is 0. The first kappa shape index (κ1) is 8.04. The number of aliphatic carboxylic acids is 1. The molecule has 0 amide bonds. The van der Waals surface area contributed by atoms with E-state index in [4.69, 9.17) is 9.52 Å². The molecular weight excluding hydrogens is 172 g/mol. The van der Waals surface area contributed by atoms with Crippen molar-refractivity contribution >= 4 is 11.8 Å². The lowest BCUT2D eigenvalue weighted by Gasteiger charge is -2.02. The van der Waals surface area contributed by atoms with Gasteiger partial charge in [-0.15, -0.1) is 0 Å². The van der Waals surface area contributed by atoms with E-state index in [1.807, 2.05) is 0 Å². The van der Waals surface area contributed by atoms with Crippen LogP contribution in [0.2, 0.25) is 0 Å². The van der Waals surface area contributed by atoms with E-state index < -0.39 is 5.97 Å². The van der Waals surface area contributed by atoms with Crippen molar-refractivity contribution in [2.24, 2.45) is 0 Å². The molecule has 0 bridgehead atoms. The van der Waals surface area contributed by atoms with E-state index in [9.17, 15) is 9.59 Å². The number of carboxylic acid groups (broad SMARTS) is 1. The third kappa shape index (κ3) is 1.24. The van der Waals surface area contributed by atoms with E-state index in [1.54, 1.807) is 6.07 Å². The fraction of sp³-hybridized carbons (Fsp3) is 0.333. The molecule has 1 heterocycles. The van der Waals surface area contributed by atoms with Crippen molar-refractivity contribution < 1.29 is 19.1 Å². The van der Waals surface area contributed by atoms with Crippen LogP contribution in [-0.2, 0) is 4.79 Å². The Kier molecular flexibility index (Phi) is 1.69. The standard InChI is InChI=1S/C9H8O4/c10-7-3-5(4-8(11)12)9-6(7)1-2-13-9/h1-2,5H,3-4H2,(H,11,12). The van der Waals surface area contributed by atoms with Crippen molar-refractivity contribution in [2.45, 2.75) is 18.8 Å². The fourth-order valence-corrected chi connectivity index (χ4v) is 1.67. The number of fused-ring (bicyclic) bond motifs is 1. The lowest BCUT2D eigenvalue weighted by Crippen LogP contribution is -2.03. The minimum atomic E-state index is -0.901. The minimum Gasteiger partial charge on any atom is -0.481 e. The summed E-state index contributed by atoms with van der Waals surface area (Å²) in [5, 5.41) is 8.57. The van der Waals surface area contributed by atoms with E-state index in [-0.39, 0.29) is 24.5 Å². The van der Waals surface area contributed by atoms with E-state index in [0.717, 1.165) is 0 Å². The highest BCUT2D eigenvalue weighted by Crippen LogP contribution is 2.35. The average molecular weight is 180 g/mol. The lowest BCUT2D eigenvalue weighted by molar-refractivity contribution is -0.137. The first-order valence-electron chi connectivity index (χ1n) is 4.01. The highest BCUT2D eigenvalue weighted by Gasteiger charge is 2.33. The van der Waals surface area contributed by atoms with Crippen LogP contribution < -0.4 is 0 Å². The van der Waals surface area contributed by atoms with Gasteiger partial charge in [0.2, 0.25) is 0 Å². The molecule has 1 N–H and O–H groups in total. The molecule has 68 valence electrons. The zero-order chi connectivity index (χ0) is 9.42. The first-order valence-corrected chi connectivity index (χ1v) is 4.01. The summed E-state index contributed by atoms with van der Waals surface area (Å²) in [6.07, 6.45) is 1.66. The van der Waals surface area contributed by atoms with E-state index in [2.05, 4.69) is 0 Å². The van der Waals surface area contributed by atoms with Gasteiger partial charge in [-0.1, -0.05) is 0 Å². The summed E-state index contributed by atoms with van der Waals surface area (Å²) in [5.41, 5.74) is 0.547. The smallest absolute Gasteiger partial charge is 0.304 e. The van der Waals surface area contributed by atoms with E-state index in [0.29, 0.717) is 11.3 Å². The number of carboxylic acids is 1. The molecule has 0 aliphatic heterocycles. The normalized spacial score (nSPS) is 20.3. The zero-order valence-electron chi connectivity index (χ0n) is 6.82. The Morgan fingerprint density at radius 3 is 3.15 bits per heavy atom. The molecule has 0 spiro atoms. The number of ketones is 1. The van der Waals surface area contributed by atoms with Gasteiger partial charge in [0.15, 0.2) is 5.78 Å². The van der Waals surface area contributed by atoms with Gasteiger partial charge in [-0.25, -0.2) is 0 Å². The van der Waals surface area contributed by atoms with Crippen molar-refractivity contribution in [1.29, 1.82) is 0 Å². The number of hydrogen-bond acceptors (Lipinski definition) is 3. The van der Waals surface area contributed by atoms with Crippen LogP contribution in [0, 0.1) is 0 Å². The molecule has 1 aromatic heterocycles. The molecule has 0 saturated carbocycles. The highest BCUT2D eigenvalue weighted by atomic mass is 16.4. The van der Waals surface area contributed by atoms with Crippen LogP contribution in [0.1, 0.15) is 34.9 Å². The van der Waals surface area contributed by atoms with Gasteiger partial charge in [0.25, 0.3) is 0 Å². The van der Waals surface area contributed by atoms with Crippen LogP contribution in [0.25, 0.3) is 0 Å². The Bertz CT molecular complexity index is 363. The molecule has 0 fully saturated rings. The van der Waals surface area contributed by atoms with Gasteiger partial charge in [-0.2, -0.15) is 0 Å². The Balaban J connectivity index is 2.28. The molecule has 0 radical (unpaired) electrons. The van der Waals surface area contributed by atoms with Crippen molar-refractivity contribution in [1.82, 2.24) is 0 Å². The lowest BCUT2D eigenvalue weighted by atomic mass is 10.0. The number of carbonyl (C=O) groups is 2. The molecule has 1 atom stereocenters. The highest BCUT2D eigenvalue weighted by molar-refractivity contribution is 6.01. The predicted octanol–water partition coefficient (Wildman–Crippen LogP) is 1.42. The van der Waals surface area contributed by atoms with Gasteiger partial charge >= 0.3 is 5.97 Å². The van der Waals surface area contributed by atoms with Gasteiger partial charge in [-0.3, -0.25) is 9.59 Å². The van der Waals surface area contributed by atoms with Crippen LogP contribution in [0.3, 0.4) is 0 Å². The number of rotatable bonds is 2. The predicted molar refractivity (Wildman–Crippen MR) is 42.6 cm³/mol. The Hall–Kier alpha value is -1.58. The van der Waals surface area contributed by atoms with Gasteiger partial charge in [0.05, 0.1) is 18.2 Å². The van der Waals surface area contributed by atoms with Crippen LogP contribution in [0.4, 0.5) is 0 Å². The maximum absolute atomic E-state index is 11.3. The fourth-order valence-electron chi connectivity index (χ4n) is 1.67. The van der Waals surface area contributed by atoms with Gasteiger partial charge in [-0.05, 0) is 6.07 Å². The maximum Gasteiger partial charge on any atom is 0.304 e. The molecule has 4 heteroatoms. The molecule has 0 saturated heterocycles. The summed E-state index contributed by atoms with van der Waals surface area (Å²) in [5.74, 6) is -0.653. The van der Waals surface area contributed by atoms with Crippen molar-refractivity contribution in [3.63, 3.8) is 0 Å². The summed E-state index contributed by atoms with van der Waals surface area (Å²) in [7, 11) is 0. The van der Waals surface area contributed by atoms with E-state index >= 15 is 0 Å². The second-order valence-electron chi connectivity index (χ2n) is 3.12. The minimum absolute atomic E-state index is 0.0185. The summed E-state index contributed by atoms with van der Waals surface area (Å²) in [6, 6.07) is 1.60. The summed E-state index contributed by atoms with van der Waals surface area (Å²) in [4.78, 5) is 21.7. The molecule has 0 aromatic carbocycles. The third-order valence-corrected chi connectivity index (χ3v) is 2.22. The first-order chi connectivity index (χ1) is 6.18. The van der Waals surface area contributed by atoms with E-state index in [1.165, 1.54) is 6.26 Å². The Morgan fingerprint density at radius 1 is 1.69 bits per heavy atom. The maximum atomic E-state index is 11.3. The van der Waals surface area contributed by atoms with Crippen LogP contribution >= 0.6 is 0 Å². The topological polar surface area (TPSA) is 67.5 Å². The summed E-state index contributed by atoms with van der Waals surface area (Å²) < 4.78 is 5.08. The second-order valence-corrected chi connectivity index (χ2v) is 3.12. The van der Waals surface area contributed by atoms with Gasteiger partial charge in [0, 0.05) is 12.3 Å². The van der Waals surface area contributed by atoms with Gasteiger partial charge in [0.1, 0.15) is 5.76 Å². The quantitative estimate of drug-likeness (QED) is 0.747. The molecule has 4 nitrogen and oxygen atoms in total. The third-order valence-electron chi connectivity index (χ3n) is 2.22. The van der Waals surface area contributed by atoms with Crippen LogP contribution in [-0.4, -0.2) is 16.9 Å². The van der Waals surface area contributed by atoms with Crippen molar-refractivity contribution in [3.8, 4) is 0 Å². The molecule has 2 rings (SSSR count). The average Bonchev–Trinajstić information content (AvgIpc) is 2.56. The zero-order valence-corrected chi connectivity index (χ0v) is 6.82. The molecule has 1 aliphatic carbocycles. The van der Waals surface area contributed by atoms with Crippen LogP contribution in [0.5, 0.6) is 0 Å². The van der Waals surface area contributed by atoms with Crippen LogP contribution in [0.15, 0.2) is 16.7 Å². The molecule has 1 aliphatic rings. The Morgan fingerprint density at radius 2 is 2.46 bits per heavy atom. The molecule has 1 aromatic rings. The number of Topliss-reactive ketones (excluding diaryl/α,β-unsaturated/α-hetero) is 1.